The first kappa shape index (κ1) is 67.1. The van der Waals surface area contributed by atoms with Gasteiger partial charge in [0.25, 0.3) is 10.1 Å². The Balaban J connectivity index is 1.39. The number of aryl methyl sites for hydroxylation is 1. The zero-order valence-electron chi connectivity index (χ0n) is 44.4. The Kier molecular flexibility index (Phi) is 36.8. The summed E-state index contributed by atoms with van der Waals surface area (Å²) in [6.07, 6.45) is 24.7. The van der Waals surface area contributed by atoms with E-state index in [1.54, 1.807) is 6.92 Å². The minimum atomic E-state index is -4.70. The van der Waals surface area contributed by atoms with Crippen LogP contribution in [-0.4, -0.2) is 130 Å². The van der Waals surface area contributed by atoms with Gasteiger partial charge in [-0.3, -0.25) is 28.5 Å². The third-order valence-corrected chi connectivity index (χ3v) is 14.3. The average Bonchev–Trinajstić information content (AvgIpc) is 3.36. The van der Waals surface area contributed by atoms with Crippen molar-refractivity contribution in [2.75, 3.05) is 59.4 Å². The third-order valence-electron chi connectivity index (χ3n) is 13.1. The molecule has 2 amide bonds. The van der Waals surface area contributed by atoms with E-state index in [2.05, 4.69) is 10.6 Å². The van der Waals surface area contributed by atoms with Gasteiger partial charge < -0.3 is 44.5 Å². The molecule has 1 atom stereocenters. The van der Waals surface area contributed by atoms with Crippen LogP contribution >= 0.6 is 11.6 Å². The van der Waals surface area contributed by atoms with E-state index in [1.807, 2.05) is 0 Å². The van der Waals surface area contributed by atoms with Gasteiger partial charge in [-0.05, 0) is 88.3 Å². The molecule has 0 spiro atoms. The summed E-state index contributed by atoms with van der Waals surface area (Å²) < 4.78 is 59.0. The monoisotopic (exact) mass is 1100 g/mol. The molecule has 1 aromatic rings. The Morgan fingerprint density at radius 2 is 1.13 bits per heavy atom. The van der Waals surface area contributed by atoms with Crippen molar-refractivity contribution in [2.24, 2.45) is 11.8 Å². The summed E-state index contributed by atoms with van der Waals surface area (Å²) >= 11 is 5.99. The average molecular weight is 1100 g/mol. The summed E-state index contributed by atoms with van der Waals surface area (Å²) in [5, 5.41) is 23.5. The Morgan fingerprint density at radius 3 is 1.69 bits per heavy atom. The van der Waals surface area contributed by atoms with Crippen LogP contribution in [0.3, 0.4) is 0 Å². The maximum Gasteiger partial charge on any atom is 0.337 e. The number of carboxylic acid groups (broad SMARTS) is 2. The summed E-state index contributed by atoms with van der Waals surface area (Å²) in [5.74, 6) is -3.73. The molecule has 1 aliphatic carbocycles. The van der Waals surface area contributed by atoms with Crippen molar-refractivity contribution in [3.63, 3.8) is 0 Å². The number of rotatable bonds is 47. The van der Waals surface area contributed by atoms with Crippen molar-refractivity contribution >= 4 is 63.0 Å². The highest BCUT2D eigenvalue weighted by Gasteiger charge is 2.30. The van der Waals surface area contributed by atoms with E-state index in [0.29, 0.717) is 49.4 Å². The normalized spacial score (nSPS) is 15.0. The molecule has 0 bridgehead atoms. The fourth-order valence-electron chi connectivity index (χ4n) is 8.83. The molecule has 428 valence electrons. The van der Waals surface area contributed by atoms with Gasteiger partial charge in [0.1, 0.15) is 35.7 Å². The number of halogens is 1. The smallest absolute Gasteiger partial charge is 0.337 e. The molecular formula is C54H87ClN2O17S. The van der Waals surface area contributed by atoms with Crippen LogP contribution in [0.4, 0.5) is 0 Å². The molecule has 0 aliphatic heterocycles. The van der Waals surface area contributed by atoms with Crippen LogP contribution in [0, 0.1) is 18.8 Å². The van der Waals surface area contributed by atoms with Gasteiger partial charge in [-0.1, -0.05) is 101 Å². The largest absolute Gasteiger partial charge is 0.481 e. The number of Topliss-reactive ketones (excluding diaryl/α,β-unsaturated/α-hetero) is 2. The second-order valence-electron chi connectivity index (χ2n) is 19.6. The first-order valence-corrected chi connectivity index (χ1v) is 29.1. The molecule has 75 heavy (non-hydrogen) atoms. The van der Waals surface area contributed by atoms with Crippen LogP contribution in [-0.2, 0) is 62.6 Å². The number of carbonyl (C=O) groups is 7. The van der Waals surface area contributed by atoms with Gasteiger partial charge in [-0.15, -0.1) is 0 Å². The number of hydrogen-bond acceptors (Lipinski definition) is 14. The number of ketones is 2. The van der Waals surface area contributed by atoms with Gasteiger partial charge in [0.2, 0.25) is 11.8 Å². The highest BCUT2D eigenvalue weighted by atomic mass is 35.5. The maximum atomic E-state index is 13.0. The quantitative estimate of drug-likeness (QED) is 0.0176. The number of unbranched alkanes of at least 4 members (excludes halogenated alkanes) is 15. The highest BCUT2D eigenvalue weighted by Crippen LogP contribution is 2.34. The number of carbonyl (C=O) groups excluding carboxylic acids is 5. The van der Waals surface area contributed by atoms with Gasteiger partial charge in [0, 0.05) is 51.2 Å². The molecule has 0 aromatic heterocycles. The number of aliphatic carboxylic acids is 2. The van der Waals surface area contributed by atoms with Crippen LogP contribution in [0.1, 0.15) is 185 Å². The summed E-state index contributed by atoms with van der Waals surface area (Å²) in [4.78, 5) is 84.1. The lowest BCUT2D eigenvalue weighted by Crippen LogP contribution is -2.44. The zero-order chi connectivity index (χ0) is 55.1. The van der Waals surface area contributed by atoms with Crippen molar-refractivity contribution in [1.82, 2.24) is 10.6 Å². The summed E-state index contributed by atoms with van der Waals surface area (Å²) in [6.45, 7) is 1.78. The predicted molar refractivity (Wildman–Crippen MR) is 281 cm³/mol. The van der Waals surface area contributed by atoms with E-state index in [-0.39, 0.29) is 107 Å². The zero-order valence-corrected chi connectivity index (χ0v) is 46.0. The Labute approximate surface area is 449 Å². The standard InChI is InChI=1S/C54H87ClN2O17S/c1-41-37-46(55)52(48(38-41)75(67,68)69)74-51(63)40-73-36-34-71-32-30-56-49(60)39-72-35-33-70-31-18-20-45(59)28-29-47(54(65)66)57-53(64)43-25-22-42(23-26-43)24-27-44(58)19-16-14-12-10-8-6-4-2-3-5-7-9-11-13-15-17-21-50(61)62/h37-38,42-43,47H,2-36,39-40H2,1H3,(H,56,60)(H,57,64)(H,61,62)(H,65,66)(H,67,68,69)/t42?,43?,47-/m0/s1. The first-order chi connectivity index (χ1) is 36.0. The molecule has 1 aromatic carbocycles. The number of benzene rings is 1. The molecule has 21 heteroatoms. The Bertz CT molecular complexity index is 1960. The van der Waals surface area contributed by atoms with Gasteiger partial charge in [-0.2, -0.15) is 8.42 Å². The second kappa shape index (κ2) is 41.1. The van der Waals surface area contributed by atoms with Crippen molar-refractivity contribution < 1.29 is 80.4 Å². The van der Waals surface area contributed by atoms with E-state index in [9.17, 15) is 51.6 Å². The van der Waals surface area contributed by atoms with Crippen molar-refractivity contribution in [1.29, 1.82) is 0 Å². The number of nitrogens with one attached hydrogen (secondary N) is 2. The number of carboxylic acids is 2. The minimum absolute atomic E-state index is 0.00514. The number of esters is 1. The van der Waals surface area contributed by atoms with E-state index in [1.165, 1.54) is 76.7 Å². The molecule has 19 nitrogen and oxygen atoms in total. The fraction of sp³-hybridized carbons (Fsp3) is 0.759. The highest BCUT2D eigenvalue weighted by molar-refractivity contribution is 7.86. The second-order valence-corrected chi connectivity index (χ2v) is 21.4. The molecule has 2 rings (SSSR count). The maximum absolute atomic E-state index is 13.0. The lowest BCUT2D eigenvalue weighted by molar-refractivity contribution is -0.143. The first-order valence-electron chi connectivity index (χ1n) is 27.3. The van der Waals surface area contributed by atoms with Gasteiger partial charge in [0.05, 0.1) is 38.1 Å². The molecule has 0 unspecified atom stereocenters. The van der Waals surface area contributed by atoms with E-state index < -0.39 is 51.3 Å². The van der Waals surface area contributed by atoms with Crippen LogP contribution in [0.2, 0.25) is 5.02 Å². The van der Waals surface area contributed by atoms with Gasteiger partial charge in [0.15, 0.2) is 5.75 Å². The molecule has 1 fully saturated rings. The molecule has 1 aliphatic rings. The van der Waals surface area contributed by atoms with Gasteiger partial charge in [-0.25, -0.2) is 9.59 Å². The molecule has 0 heterocycles. The molecule has 0 radical (unpaired) electrons. The molecular weight excluding hydrogens is 1020 g/mol. The Morgan fingerprint density at radius 1 is 0.627 bits per heavy atom. The van der Waals surface area contributed by atoms with Gasteiger partial charge >= 0.3 is 17.9 Å². The molecule has 1 saturated carbocycles. The molecule has 0 saturated heterocycles. The van der Waals surface area contributed by atoms with E-state index >= 15 is 0 Å². The van der Waals surface area contributed by atoms with Crippen LogP contribution in [0.5, 0.6) is 5.75 Å². The SMILES string of the molecule is Cc1cc(Cl)c(OC(=O)COCCOCCNC(=O)COCCOCCCC(=O)CC[C@H](NC(=O)C2CCC(CCC(=O)CCCCCCCCCCCCCCCCCCC(=O)O)CC2)C(=O)O)c(S(=O)(=O)O)c1. The van der Waals surface area contributed by atoms with Crippen LogP contribution in [0.25, 0.3) is 0 Å². The number of hydrogen-bond donors (Lipinski definition) is 5. The fourth-order valence-corrected chi connectivity index (χ4v) is 9.92. The summed E-state index contributed by atoms with van der Waals surface area (Å²) in [7, 11) is -4.70. The van der Waals surface area contributed by atoms with Crippen molar-refractivity contribution in [3.8, 4) is 5.75 Å². The lowest BCUT2D eigenvalue weighted by Gasteiger charge is -2.28. The van der Waals surface area contributed by atoms with Crippen molar-refractivity contribution in [3.05, 3.63) is 22.7 Å². The lowest BCUT2D eigenvalue weighted by atomic mass is 9.79. The number of amides is 2. The van der Waals surface area contributed by atoms with Crippen molar-refractivity contribution in [2.45, 2.75) is 198 Å². The third kappa shape index (κ3) is 34.4. The number of ether oxygens (including phenoxy) is 5. The Hall–Kier alpha value is -4.05. The topological polar surface area (TPSA) is 285 Å². The summed E-state index contributed by atoms with van der Waals surface area (Å²) in [6, 6.07) is 1.32. The van der Waals surface area contributed by atoms with Crippen LogP contribution in [0.15, 0.2) is 17.0 Å². The summed E-state index contributed by atoms with van der Waals surface area (Å²) in [5.41, 5.74) is 0.431. The molecule has 5 N–H and O–H groups in total. The van der Waals surface area contributed by atoms with E-state index in [4.69, 9.17) is 40.4 Å². The predicted octanol–water partition coefficient (Wildman–Crippen LogP) is 8.94. The minimum Gasteiger partial charge on any atom is -0.481 e. The van der Waals surface area contributed by atoms with Crippen LogP contribution < -0.4 is 15.4 Å². The van der Waals surface area contributed by atoms with E-state index in [0.717, 1.165) is 57.4 Å².